The number of halogens is 1. The fourth-order valence-electron chi connectivity index (χ4n) is 0.921. The van der Waals surface area contributed by atoms with Gasteiger partial charge in [-0.05, 0) is 0 Å². The number of aromatic nitrogens is 2. The van der Waals surface area contributed by atoms with Crippen LogP contribution in [0.15, 0.2) is 12.4 Å². The Bertz CT molecular complexity index is 449. The third-order valence-electron chi connectivity index (χ3n) is 1.86. The fourth-order valence-corrected chi connectivity index (χ4v) is 1.65. The number of nitrogens with one attached hydrogen (secondary N) is 1. The molecule has 0 saturated carbocycles. The Labute approximate surface area is 93.6 Å². The highest BCUT2D eigenvalue weighted by molar-refractivity contribution is 7.89. The second kappa shape index (κ2) is 5.17. The van der Waals surface area contributed by atoms with Crippen LogP contribution in [-0.4, -0.2) is 49.1 Å². The summed E-state index contributed by atoms with van der Waals surface area (Å²) in [5, 5.41) is 2.70. The van der Waals surface area contributed by atoms with Crippen LogP contribution in [0.25, 0.3) is 0 Å². The molecule has 1 N–H and O–H groups in total. The highest BCUT2D eigenvalue weighted by Gasteiger charge is 2.12. The molecule has 16 heavy (non-hydrogen) atoms. The zero-order valence-electron chi connectivity index (χ0n) is 9.01. The number of anilines is 1. The van der Waals surface area contributed by atoms with Crippen molar-refractivity contribution in [1.29, 1.82) is 0 Å². The van der Waals surface area contributed by atoms with Gasteiger partial charge in [-0.2, -0.15) is 4.39 Å². The molecule has 1 aromatic heterocycles. The van der Waals surface area contributed by atoms with Crippen molar-refractivity contribution >= 4 is 15.8 Å². The fraction of sp³-hybridized carbons (Fsp3) is 0.500. The van der Waals surface area contributed by atoms with E-state index in [0.717, 1.165) is 16.7 Å². The Kier molecular flexibility index (Phi) is 4.13. The van der Waals surface area contributed by atoms with Crippen LogP contribution in [-0.2, 0) is 10.0 Å². The Morgan fingerprint density at radius 3 is 2.69 bits per heavy atom. The summed E-state index contributed by atoms with van der Waals surface area (Å²) < 4.78 is 36.5. The normalized spacial score (nSPS) is 11.8. The van der Waals surface area contributed by atoms with Gasteiger partial charge in [-0.15, -0.1) is 0 Å². The van der Waals surface area contributed by atoms with Gasteiger partial charge in [-0.3, -0.25) is 0 Å². The number of hydrogen-bond donors (Lipinski definition) is 1. The smallest absolute Gasteiger partial charge is 0.217 e. The lowest BCUT2D eigenvalue weighted by molar-refractivity contribution is 0.521. The monoisotopic (exact) mass is 248 g/mol. The predicted molar refractivity (Wildman–Crippen MR) is 58.0 cm³/mol. The van der Waals surface area contributed by atoms with Crippen LogP contribution in [0, 0.1) is 5.95 Å². The van der Waals surface area contributed by atoms with Crippen LogP contribution in [0.2, 0.25) is 0 Å². The van der Waals surface area contributed by atoms with Gasteiger partial charge in [0, 0.05) is 26.7 Å². The Balaban J connectivity index is 2.48. The molecule has 0 aliphatic heterocycles. The van der Waals surface area contributed by atoms with Gasteiger partial charge in [-0.1, -0.05) is 0 Å². The van der Waals surface area contributed by atoms with Gasteiger partial charge in [0.05, 0.1) is 5.75 Å². The molecule has 0 radical (unpaired) electrons. The molecule has 0 fully saturated rings. The molecule has 8 heteroatoms. The van der Waals surface area contributed by atoms with E-state index in [-0.39, 0.29) is 18.1 Å². The van der Waals surface area contributed by atoms with E-state index in [0.29, 0.717) is 0 Å². The van der Waals surface area contributed by atoms with E-state index in [9.17, 15) is 12.8 Å². The molecule has 0 atom stereocenters. The van der Waals surface area contributed by atoms with Gasteiger partial charge in [0.15, 0.2) is 0 Å². The van der Waals surface area contributed by atoms with Gasteiger partial charge in [0.2, 0.25) is 16.0 Å². The topological polar surface area (TPSA) is 75.2 Å². The summed E-state index contributed by atoms with van der Waals surface area (Å²) in [6.45, 7) is 0.164. The average molecular weight is 248 g/mol. The summed E-state index contributed by atoms with van der Waals surface area (Å²) in [5.41, 5.74) is 0. The van der Waals surface area contributed by atoms with E-state index in [1.807, 2.05) is 0 Å². The van der Waals surface area contributed by atoms with Gasteiger partial charge in [0.25, 0.3) is 0 Å². The van der Waals surface area contributed by atoms with E-state index in [1.165, 1.54) is 14.1 Å². The lowest BCUT2D eigenvalue weighted by Gasteiger charge is -2.11. The van der Waals surface area contributed by atoms with Crippen molar-refractivity contribution in [3.8, 4) is 0 Å². The number of rotatable bonds is 5. The maximum absolute atomic E-state index is 12.6. The summed E-state index contributed by atoms with van der Waals surface area (Å²) in [5.74, 6) is -0.472. The van der Waals surface area contributed by atoms with E-state index < -0.39 is 16.0 Å². The van der Waals surface area contributed by atoms with Crippen molar-refractivity contribution in [2.75, 3.05) is 31.7 Å². The van der Waals surface area contributed by atoms with Crippen molar-refractivity contribution in [1.82, 2.24) is 14.3 Å². The van der Waals surface area contributed by atoms with Crippen LogP contribution in [0.3, 0.4) is 0 Å². The number of hydrogen-bond acceptors (Lipinski definition) is 5. The second-order valence-corrected chi connectivity index (χ2v) is 5.55. The summed E-state index contributed by atoms with van der Waals surface area (Å²) in [6.07, 6.45) is 1.07. The molecule has 1 heterocycles. The largest absolute Gasteiger partial charge is 0.369 e. The lowest BCUT2D eigenvalue weighted by atomic mass is 10.5. The van der Waals surface area contributed by atoms with Crippen molar-refractivity contribution in [3.63, 3.8) is 0 Å². The van der Waals surface area contributed by atoms with Crippen LogP contribution in [0.1, 0.15) is 0 Å². The van der Waals surface area contributed by atoms with E-state index in [2.05, 4.69) is 15.3 Å². The quantitative estimate of drug-likeness (QED) is 0.738. The van der Waals surface area contributed by atoms with Crippen LogP contribution >= 0.6 is 0 Å². The van der Waals surface area contributed by atoms with E-state index in [1.54, 1.807) is 0 Å². The SMILES string of the molecule is CN(C)S(=O)(=O)CCNc1cc(F)ncn1. The van der Waals surface area contributed by atoms with E-state index >= 15 is 0 Å². The maximum atomic E-state index is 12.6. The van der Waals surface area contributed by atoms with Crippen molar-refractivity contribution in [2.24, 2.45) is 0 Å². The van der Waals surface area contributed by atoms with Crippen LogP contribution in [0.4, 0.5) is 10.2 Å². The molecular formula is C8H13FN4O2S. The van der Waals surface area contributed by atoms with Gasteiger partial charge < -0.3 is 5.32 Å². The second-order valence-electron chi connectivity index (χ2n) is 3.25. The summed E-state index contributed by atoms with van der Waals surface area (Å²) >= 11 is 0. The van der Waals surface area contributed by atoms with E-state index in [4.69, 9.17) is 0 Å². The first-order valence-corrected chi connectivity index (χ1v) is 6.14. The minimum Gasteiger partial charge on any atom is -0.369 e. The third-order valence-corrected chi connectivity index (χ3v) is 3.69. The molecule has 1 rings (SSSR count). The molecule has 0 unspecified atom stereocenters. The highest BCUT2D eigenvalue weighted by atomic mass is 32.2. The van der Waals surface area contributed by atoms with Gasteiger partial charge in [0.1, 0.15) is 12.1 Å². The Morgan fingerprint density at radius 1 is 1.44 bits per heavy atom. The summed E-state index contributed by atoms with van der Waals surface area (Å²) in [7, 11) is -0.329. The first kappa shape index (κ1) is 12.8. The zero-order chi connectivity index (χ0) is 12.2. The maximum Gasteiger partial charge on any atom is 0.217 e. The summed E-state index contributed by atoms with van der Waals surface area (Å²) in [6, 6.07) is 1.10. The Hall–Kier alpha value is -1.28. The molecule has 0 saturated heterocycles. The molecule has 0 bridgehead atoms. The standard InChI is InChI=1S/C8H13FN4O2S/c1-13(2)16(14,15)4-3-10-8-5-7(9)11-6-12-8/h5-6H,3-4H2,1-2H3,(H,10,11,12). The number of sulfonamides is 1. The van der Waals surface area contributed by atoms with Crippen molar-refractivity contribution < 1.29 is 12.8 Å². The van der Waals surface area contributed by atoms with Crippen molar-refractivity contribution in [3.05, 3.63) is 18.3 Å². The molecule has 0 aliphatic rings. The van der Waals surface area contributed by atoms with Crippen molar-refractivity contribution in [2.45, 2.75) is 0 Å². The molecule has 0 spiro atoms. The molecule has 6 nitrogen and oxygen atoms in total. The molecule has 0 aliphatic carbocycles. The molecule has 90 valence electrons. The lowest BCUT2D eigenvalue weighted by Crippen LogP contribution is -2.28. The molecular weight excluding hydrogens is 235 g/mol. The average Bonchev–Trinajstić information content (AvgIpc) is 2.17. The van der Waals surface area contributed by atoms with Crippen LogP contribution < -0.4 is 5.32 Å². The molecule has 1 aromatic rings. The minimum atomic E-state index is -3.24. The number of nitrogens with zero attached hydrogens (tertiary/aromatic N) is 3. The highest BCUT2D eigenvalue weighted by Crippen LogP contribution is 2.02. The Morgan fingerprint density at radius 2 is 2.12 bits per heavy atom. The van der Waals surface area contributed by atoms with Gasteiger partial charge >= 0.3 is 0 Å². The first-order valence-electron chi connectivity index (χ1n) is 4.53. The van der Waals surface area contributed by atoms with Crippen LogP contribution in [0.5, 0.6) is 0 Å². The first-order chi connectivity index (χ1) is 7.42. The molecule has 0 aromatic carbocycles. The third kappa shape index (κ3) is 3.70. The minimum absolute atomic E-state index is 0.0778. The molecule has 0 amide bonds. The zero-order valence-corrected chi connectivity index (χ0v) is 9.83. The summed E-state index contributed by atoms with van der Waals surface area (Å²) in [4.78, 5) is 7.01. The van der Waals surface area contributed by atoms with Gasteiger partial charge in [-0.25, -0.2) is 22.7 Å². The predicted octanol–water partition coefficient (Wildman–Crippen LogP) is -0.0810.